The van der Waals surface area contributed by atoms with Gasteiger partial charge in [0.05, 0.1) is 7.11 Å². The Hall–Kier alpha value is -1.48. The molecule has 1 aromatic carbocycles. The first-order valence-electron chi connectivity index (χ1n) is 5.53. The van der Waals surface area contributed by atoms with E-state index in [1.54, 1.807) is 7.11 Å². The first kappa shape index (κ1) is 11.0. The second kappa shape index (κ2) is 4.18. The van der Waals surface area contributed by atoms with E-state index in [2.05, 4.69) is 24.9 Å². The molecule has 0 fully saturated rings. The van der Waals surface area contributed by atoms with Gasteiger partial charge in [-0.05, 0) is 24.6 Å². The fourth-order valence-electron chi connectivity index (χ4n) is 2.08. The minimum atomic E-state index is 0.360. The zero-order chi connectivity index (χ0) is 11.7. The van der Waals surface area contributed by atoms with Crippen LogP contribution in [0.1, 0.15) is 24.1 Å². The highest BCUT2D eigenvalue weighted by Crippen LogP contribution is 2.28. The summed E-state index contributed by atoms with van der Waals surface area (Å²) in [4.78, 5) is 3.43. The molecule has 1 aromatic heterocycles. The number of ether oxygens (including phenoxy) is 1. The third-order valence-corrected chi connectivity index (χ3v) is 3.15. The molecule has 0 aliphatic heterocycles. The minimum Gasteiger partial charge on any atom is -0.497 e. The van der Waals surface area contributed by atoms with Gasteiger partial charge in [0.2, 0.25) is 0 Å². The van der Waals surface area contributed by atoms with Crippen molar-refractivity contribution in [3.8, 4) is 5.75 Å². The summed E-state index contributed by atoms with van der Waals surface area (Å²) in [5, 5.41) is 1.25. The van der Waals surface area contributed by atoms with Gasteiger partial charge in [-0.15, -0.1) is 0 Å². The van der Waals surface area contributed by atoms with Gasteiger partial charge in [0.1, 0.15) is 5.75 Å². The van der Waals surface area contributed by atoms with E-state index in [0.29, 0.717) is 12.5 Å². The molecule has 16 heavy (non-hydrogen) atoms. The summed E-state index contributed by atoms with van der Waals surface area (Å²) in [5.41, 5.74) is 9.34. The summed E-state index contributed by atoms with van der Waals surface area (Å²) in [7, 11) is 1.68. The Kier molecular flexibility index (Phi) is 2.88. The smallest absolute Gasteiger partial charge is 0.120 e. The lowest BCUT2D eigenvalue weighted by Crippen LogP contribution is -2.10. The van der Waals surface area contributed by atoms with Crippen molar-refractivity contribution in [2.75, 3.05) is 13.7 Å². The molecular weight excluding hydrogens is 200 g/mol. The summed E-state index contributed by atoms with van der Waals surface area (Å²) in [5.74, 6) is 1.24. The molecule has 0 amide bonds. The monoisotopic (exact) mass is 218 g/mol. The quantitative estimate of drug-likeness (QED) is 0.831. The summed E-state index contributed by atoms with van der Waals surface area (Å²) in [6.07, 6.45) is 0. The number of rotatable bonds is 3. The Morgan fingerprint density at radius 3 is 2.81 bits per heavy atom. The van der Waals surface area contributed by atoms with Crippen LogP contribution in [0.2, 0.25) is 0 Å². The number of benzene rings is 1. The van der Waals surface area contributed by atoms with Gasteiger partial charge in [-0.25, -0.2) is 0 Å². The Labute approximate surface area is 95.6 Å². The van der Waals surface area contributed by atoms with Gasteiger partial charge in [0.15, 0.2) is 0 Å². The molecule has 0 saturated heterocycles. The second-order valence-electron chi connectivity index (χ2n) is 4.21. The highest BCUT2D eigenvalue weighted by molar-refractivity contribution is 5.85. The van der Waals surface area contributed by atoms with Crippen LogP contribution >= 0.6 is 0 Å². The first-order chi connectivity index (χ1) is 7.67. The van der Waals surface area contributed by atoms with Gasteiger partial charge in [-0.3, -0.25) is 0 Å². The van der Waals surface area contributed by atoms with Crippen LogP contribution in [-0.4, -0.2) is 18.6 Å². The molecule has 0 bridgehead atoms. The molecule has 2 aromatic rings. The molecule has 0 aliphatic rings. The van der Waals surface area contributed by atoms with E-state index in [4.69, 9.17) is 10.5 Å². The van der Waals surface area contributed by atoms with Crippen molar-refractivity contribution in [2.45, 2.75) is 19.8 Å². The largest absolute Gasteiger partial charge is 0.497 e. The third kappa shape index (κ3) is 1.67. The van der Waals surface area contributed by atoms with E-state index in [9.17, 15) is 0 Å². The lowest BCUT2D eigenvalue weighted by atomic mass is 10.0. The number of methoxy groups -OCH3 is 1. The Bertz CT molecular complexity index is 502. The zero-order valence-electron chi connectivity index (χ0n) is 10.0. The predicted octanol–water partition coefficient (Wildman–Crippen LogP) is 2.55. The average molecular weight is 218 g/mol. The lowest BCUT2D eigenvalue weighted by Gasteiger charge is -2.06. The molecule has 3 heteroatoms. The van der Waals surface area contributed by atoms with Gasteiger partial charge < -0.3 is 15.5 Å². The number of nitrogens with two attached hydrogens (primary N) is 1. The Morgan fingerprint density at radius 1 is 1.44 bits per heavy atom. The standard InChI is InChI=1S/C13H18N2O/c1-8(7-14)13-9(2)11-5-4-10(16-3)6-12(11)15-13/h4-6,8,15H,7,14H2,1-3H3. The van der Waals surface area contributed by atoms with Crippen LogP contribution in [0.5, 0.6) is 5.75 Å². The van der Waals surface area contributed by atoms with Crippen molar-refractivity contribution in [2.24, 2.45) is 5.73 Å². The third-order valence-electron chi connectivity index (χ3n) is 3.15. The van der Waals surface area contributed by atoms with Crippen molar-refractivity contribution in [3.05, 3.63) is 29.5 Å². The number of hydrogen-bond acceptors (Lipinski definition) is 2. The van der Waals surface area contributed by atoms with E-state index in [0.717, 1.165) is 11.3 Å². The summed E-state index contributed by atoms with van der Waals surface area (Å²) < 4.78 is 5.21. The normalized spacial score (nSPS) is 13.0. The number of H-pyrrole nitrogens is 1. The fourth-order valence-corrected chi connectivity index (χ4v) is 2.08. The molecule has 0 spiro atoms. The van der Waals surface area contributed by atoms with E-state index in [-0.39, 0.29) is 0 Å². The van der Waals surface area contributed by atoms with Crippen LogP contribution in [0, 0.1) is 6.92 Å². The van der Waals surface area contributed by atoms with Crippen molar-refractivity contribution in [1.29, 1.82) is 0 Å². The molecule has 1 unspecified atom stereocenters. The van der Waals surface area contributed by atoms with Crippen LogP contribution in [0.3, 0.4) is 0 Å². The molecule has 2 rings (SSSR count). The highest BCUT2D eigenvalue weighted by Gasteiger charge is 2.12. The Balaban J connectivity index is 2.58. The van der Waals surface area contributed by atoms with Crippen LogP contribution in [0.4, 0.5) is 0 Å². The average Bonchev–Trinajstić information content (AvgIpc) is 2.65. The maximum atomic E-state index is 5.71. The fraction of sp³-hybridized carbons (Fsp3) is 0.385. The maximum Gasteiger partial charge on any atom is 0.120 e. The maximum absolute atomic E-state index is 5.71. The van der Waals surface area contributed by atoms with Crippen molar-refractivity contribution in [1.82, 2.24) is 4.98 Å². The SMILES string of the molecule is COc1ccc2c(C)c(C(C)CN)[nH]c2c1. The van der Waals surface area contributed by atoms with E-state index in [1.165, 1.54) is 16.6 Å². The predicted molar refractivity (Wildman–Crippen MR) is 67.1 cm³/mol. The van der Waals surface area contributed by atoms with Crippen molar-refractivity contribution < 1.29 is 4.74 Å². The van der Waals surface area contributed by atoms with E-state index < -0.39 is 0 Å². The number of aromatic amines is 1. The summed E-state index contributed by atoms with van der Waals surface area (Å²) in [6, 6.07) is 6.10. The highest BCUT2D eigenvalue weighted by atomic mass is 16.5. The summed E-state index contributed by atoms with van der Waals surface area (Å²) in [6.45, 7) is 4.92. The molecule has 0 radical (unpaired) electrons. The first-order valence-corrected chi connectivity index (χ1v) is 5.53. The lowest BCUT2D eigenvalue weighted by molar-refractivity contribution is 0.415. The topological polar surface area (TPSA) is 51.0 Å². The van der Waals surface area contributed by atoms with Gasteiger partial charge in [-0.1, -0.05) is 6.92 Å². The number of fused-ring (bicyclic) bond motifs is 1. The molecule has 86 valence electrons. The van der Waals surface area contributed by atoms with Crippen molar-refractivity contribution in [3.63, 3.8) is 0 Å². The Morgan fingerprint density at radius 2 is 2.19 bits per heavy atom. The minimum absolute atomic E-state index is 0.360. The number of aryl methyl sites for hydroxylation is 1. The van der Waals surface area contributed by atoms with Crippen LogP contribution < -0.4 is 10.5 Å². The molecule has 3 nitrogen and oxygen atoms in total. The molecule has 0 aliphatic carbocycles. The van der Waals surface area contributed by atoms with E-state index in [1.807, 2.05) is 12.1 Å². The van der Waals surface area contributed by atoms with Gasteiger partial charge in [0, 0.05) is 35.1 Å². The van der Waals surface area contributed by atoms with Gasteiger partial charge in [-0.2, -0.15) is 0 Å². The molecular formula is C13H18N2O. The van der Waals surface area contributed by atoms with Crippen LogP contribution in [0.15, 0.2) is 18.2 Å². The summed E-state index contributed by atoms with van der Waals surface area (Å²) >= 11 is 0. The van der Waals surface area contributed by atoms with Gasteiger partial charge >= 0.3 is 0 Å². The number of aromatic nitrogens is 1. The molecule has 3 N–H and O–H groups in total. The van der Waals surface area contributed by atoms with Crippen LogP contribution in [-0.2, 0) is 0 Å². The van der Waals surface area contributed by atoms with Crippen molar-refractivity contribution >= 4 is 10.9 Å². The molecule has 1 heterocycles. The van der Waals surface area contributed by atoms with E-state index >= 15 is 0 Å². The number of nitrogens with one attached hydrogen (secondary N) is 1. The molecule has 1 atom stereocenters. The van der Waals surface area contributed by atoms with Crippen LogP contribution in [0.25, 0.3) is 10.9 Å². The number of hydrogen-bond donors (Lipinski definition) is 2. The van der Waals surface area contributed by atoms with Gasteiger partial charge in [0.25, 0.3) is 0 Å². The molecule has 0 saturated carbocycles. The zero-order valence-corrected chi connectivity index (χ0v) is 10.0. The second-order valence-corrected chi connectivity index (χ2v) is 4.21.